The zero-order valence-electron chi connectivity index (χ0n) is 31.5. The molecule has 0 spiro atoms. The Morgan fingerprint density at radius 1 is 1.07 bits per heavy atom. The Balaban J connectivity index is 1.42. The Morgan fingerprint density at radius 2 is 1.76 bits per heavy atom. The minimum absolute atomic E-state index is 0.0527. The van der Waals surface area contributed by atoms with Crippen LogP contribution < -0.4 is 15.4 Å². The first kappa shape index (κ1) is 40.4. The molecule has 1 saturated carbocycles. The van der Waals surface area contributed by atoms with Crippen LogP contribution in [-0.4, -0.2) is 68.8 Å². The number of sulfonamides is 1. The highest BCUT2D eigenvalue weighted by atomic mass is 35.5. The van der Waals surface area contributed by atoms with Crippen LogP contribution in [0.5, 0.6) is 0 Å². The number of amides is 2. The van der Waals surface area contributed by atoms with Crippen molar-refractivity contribution in [2.75, 3.05) is 18.0 Å². The van der Waals surface area contributed by atoms with Gasteiger partial charge in [0.2, 0.25) is 15.9 Å². The largest absolute Gasteiger partial charge is 0.378 e. The molecule has 1 fully saturated rings. The lowest BCUT2D eigenvalue weighted by atomic mass is 9.73. The maximum atomic E-state index is 15.8. The molecule has 0 aliphatic heterocycles. The molecule has 2 atom stereocenters. The summed E-state index contributed by atoms with van der Waals surface area (Å²) in [7, 11) is -0.943. The molecule has 0 saturated heterocycles. The van der Waals surface area contributed by atoms with Gasteiger partial charge in [-0.1, -0.05) is 23.6 Å². The van der Waals surface area contributed by atoms with Crippen LogP contribution in [0.15, 0.2) is 42.5 Å². The number of aliphatic hydroxyl groups is 1. The summed E-state index contributed by atoms with van der Waals surface area (Å²) in [5.41, 5.74) is -1.42. The minimum atomic E-state index is -3.82. The second-order valence-corrected chi connectivity index (χ2v) is 16.8. The van der Waals surface area contributed by atoms with E-state index >= 15 is 8.78 Å². The highest BCUT2D eigenvalue weighted by Crippen LogP contribution is 2.62. The van der Waals surface area contributed by atoms with E-state index in [4.69, 9.17) is 16.6 Å². The molecular formula is C39H35ClF4N8O5S. The highest BCUT2D eigenvalue weighted by Gasteiger charge is 2.62. The van der Waals surface area contributed by atoms with E-state index in [0.29, 0.717) is 23.6 Å². The van der Waals surface area contributed by atoms with Crippen LogP contribution in [0.25, 0.3) is 33.8 Å². The first-order chi connectivity index (χ1) is 27.1. The summed E-state index contributed by atoms with van der Waals surface area (Å²) < 4.78 is 89.9. The summed E-state index contributed by atoms with van der Waals surface area (Å²) in [6.45, 7) is 2.10. The number of nitrogens with zero attached hydrogens (tertiary/aromatic N) is 5. The van der Waals surface area contributed by atoms with Gasteiger partial charge < -0.3 is 15.7 Å². The van der Waals surface area contributed by atoms with Gasteiger partial charge in [-0.25, -0.2) is 22.2 Å². The molecule has 2 aliphatic carbocycles. The quantitative estimate of drug-likeness (QED) is 0.111. The Bertz CT molecular complexity index is 2750. The van der Waals surface area contributed by atoms with Crippen LogP contribution in [0.2, 0.25) is 5.02 Å². The number of fused-ring (bicyclic) bond motifs is 4. The molecule has 3 aromatic heterocycles. The van der Waals surface area contributed by atoms with Gasteiger partial charge in [0.25, 0.3) is 11.8 Å². The number of aryl methyl sites for hydroxylation is 1. The molecule has 3 heterocycles. The Morgan fingerprint density at radius 3 is 2.38 bits per heavy atom. The fraction of sp³-hybridized carbons (Fsp3) is 0.308. The summed E-state index contributed by atoms with van der Waals surface area (Å²) in [6, 6.07) is 8.78. The van der Waals surface area contributed by atoms with Gasteiger partial charge in [-0.15, -0.1) is 0 Å². The topological polar surface area (TPSA) is 173 Å². The van der Waals surface area contributed by atoms with Crippen LogP contribution in [-0.2, 0) is 34.3 Å². The lowest BCUT2D eigenvalue weighted by Gasteiger charge is -2.34. The number of carbonyl (C=O) groups excluding carboxylic acids is 2. The second-order valence-electron chi connectivity index (χ2n) is 14.6. The van der Waals surface area contributed by atoms with Crippen molar-refractivity contribution in [2.45, 2.75) is 50.7 Å². The molecular weight excluding hydrogens is 804 g/mol. The lowest BCUT2D eigenvalue weighted by molar-refractivity contribution is -0.121. The second kappa shape index (κ2) is 14.6. The smallest absolute Gasteiger partial charge is 0.293 e. The number of benzene rings is 2. The molecule has 5 aromatic rings. The summed E-state index contributed by atoms with van der Waals surface area (Å²) in [6.07, 6.45) is 2.81. The van der Waals surface area contributed by atoms with Gasteiger partial charge in [-0.2, -0.15) is 19.0 Å². The van der Waals surface area contributed by atoms with Crippen LogP contribution in [0.3, 0.4) is 0 Å². The Kier molecular flexibility index (Phi) is 10.1. The normalized spacial score (nSPS) is 17.2. The van der Waals surface area contributed by atoms with Crippen molar-refractivity contribution in [1.82, 2.24) is 35.2 Å². The van der Waals surface area contributed by atoms with E-state index in [1.165, 1.54) is 50.8 Å². The Labute approximate surface area is 334 Å². The number of carbonyl (C=O) groups is 2. The molecule has 19 heteroatoms. The van der Waals surface area contributed by atoms with Crippen molar-refractivity contribution in [1.29, 1.82) is 0 Å². The van der Waals surface area contributed by atoms with Gasteiger partial charge >= 0.3 is 0 Å². The van der Waals surface area contributed by atoms with Crippen LogP contribution in [0, 0.1) is 29.4 Å². The van der Waals surface area contributed by atoms with Crippen LogP contribution in [0.4, 0.5) is 23.4 Å². The fourth-order valence-electron chi connectivity index (χ4n) is 7.36. The molecule has 0 unspecified atom stereocenters. The monoisotopic (exact) mass is 838 g/mol. The fourth-order valence-corrected chi connectivity index (χ4v) is 8.10. The number of anilines is 1. The van der Waals surface area contributed by atoms with Gasteiger partial charge in [0, 0.05) is 42.8 Å². The van der Waals surface area contributed by atoms with Gasteiger partial charge in [-0.3, -0.25) is 23.7 Å². The third-order valence-electron chi connectivity index (χ3n) is 9.78. The average Bonchev–Trinajstić information content (AvgIpc) is 3.66. The standard InChI is InChI=1S/C39H35ClF4N8O5S/c1-38(2,55)13-12-22-6-7-23(24-9-11-27(40)31-34(24)51(4)49-36(31)50-58(5,56)57)32(46-22)28(16-19-14-20(41)17-21(42)15-19)47-29(53)18-52-35-30(33(48-52)37(54)45-3)25-8-10-26(25)39(35,43)44/h6-7,9,11,14-17,25-26,55H,8,10,18H2,1-5H3,(H,45,54)(H,47,53)(H,49,50)/b28-16-/t25-,26+/m0/s1. The van der Waals surface area contributed by atoms with Crippen molar-refractivity contribution in [2.24, 2.45) is 13.0 Å². The van der Waals surface area contributed by atoms with E-state index in [9.17, 15) is 31.9 Å². The first-order valence-corrected chi connectivity index (χ1v) is 20.0. The summed E-state index contributed by atoms with van der Waals surface area (Å²) in [4.78, 5) is 31.6. The zero-order valence-corrected chi connectivity index (χ0v) is 33.1. The highest BCUT2D eigenvalue weighted by molar-refractivity contribution is 7.92. The summed E-state index contributed by atoms with van der Waals surface area (Å²) in [5.74, 6) is -3.19. The number of hydrogen-bond donors (Lipinski definition) is 4. The van der Waals surface area contributed by atoms with Crippen molar-refractivity contribution in [3.05, 3.63) is 93.0 Å². The number of pyridine rings is 1. The molecule has 13 nitrogen and oxygen atoms in total. The number of aromatic nitrogens is 5. The molecule has 4 N–H and O–H groups in total. The molecule has 0 radical (unpaired) electrons. The van der Waals surface area contributed by atoms with E-state index in [2.05, 4.69) is 37.4 Å². The van der Waals surface area contributed by atoms with Crippen LogP contribution >= 0.6 is 11.6 Å². The molecule has 2 amide bonds. The van der Waals surface area contributed by atoms with Crippen molar-refractivity contribution >= 4 is 61.9 Å². The maximum Gasteiger partial charge on any atom is 0.293 e. The number of nitrogens with one attached hydrogen (secondary N) is 3. The Hall–Kier alpha value is -5.77. The third kappa shape index (κ3) is 7.64. The van der Waals surface area contributed by atoms with E-state index in [-0.39, 0.29) is 62.1 Å². The van der Waals surface area contributed by atoms with Crippen molar-refractivity contribution < 1.29 is 40.7 Å². The molecule has 302 valence electrons. The first-order valence-electron chi connectivity index (χ1n) is 17.7. The van der Waals surface area contributed by atoms with E-state index in [1.807, 2.05) is 0 Å². The van der Waals surface area contributed by atoms with Gasteiger partial charge in [0.05, 0.1) is 33.6 Å². The van der Waals surface area contributed by atoms with E-state index in [0.717, 1.165) is 23.1 Å². The van der Waals surface area contributed by atoms with Gasteiger partial charge in [0.1, 0.15) is 35.2 Å². The van der Waals surface area contributed by atoms with Gasteiger partial charge in [0.15, 0.2) is 11.5 Å². The average molecular weight is 839 g/mol. The zero-order chi connectivity index (χ0) is 42.1. The molecule has 7 rings (SSSR count). The third-order valence-corrected chi connectivity index (χ3v) is 10.7. The summed E-state index contributed by atoms with van der Waals surface area (Å²) in [5, 5.41) is 24.3. The summed E-state index contributed by atoms with van der Waals surface area (Å²) >= 11 is 6.60. The minimum Gasteiger partial charge on any atom is -0.378 e. The van der Waals surface area contributed by atoms with E-state index < -0.39 is 69.1 Å². The lowest BCUT2D eigenvalue weighted by Crippen LogP contribution is -2.34. The van der Waals surface area contributed by atoms with Crippen LogP contribution in [0.1, 0.15) is 71.3 Å². The SMILES string of the molecule is CNC(=O)c1nn(CC(=O)N/C(=C\c2cc(F)cc(F)c2)c2nc(C#CC(C)(C)O)ccc2-c2ccc(Cl)c3c(NS(C)(=O)=O)nn(C)c23)c2c1[C@H]1CC[C@H]1C2(F)F. The molecule has 2 aliphatic rings. The number of rotatable bonds is 9. The maximum absolute atomic E-state index is 15.8. The van der Waals surface area contributed by atoms with Crippen molar-refractivity contribution in [3.8, 4) is 23.0 Å². The van der Waals surface area contributed by atoms with Crippen molar-refractivity contribution in [3.63, 3.8) is 0 Å². The predicted octanol–water partition coefficient (Wildman–Crippen LogP) is 5.53. The number of halogens is 5. The van der Waals surface area contributed by atoms with E-state index in [1.54, 1.807) is 12.1 Å². The molecule has 0 bridgehead atoms. The number of hydrogen-bond acceptors (Lipinski definition) is 8. The predicted molar refractivity (Wildman–Crippen MR) is 208 cm³/mol. The molecule has 2 aromatic carbocycles. The van der Waals surface area contributed by atoms with Gasteiger partial charge in [-0.05, 0) is 80.5 Å². The number of alkyl halides is 2. The molecule has 58 heavy (non-hydrogen) atoms.